The van der Waals surface area contributed by atoms with Gasteiger partial charge in [0.25, 0.3) is 0 Å². The van der Waals surface area contributed by atoms with Gasteiger partial charge < -0.3 is 19.7 Å². The fourth-order valence-corrected chi connectivity index (χ4v) is 5.89. The second-order valence-electron chi connectivity index (χ2n) is 10.5. The molecule has 40 heavy (non-hydrogen) atoms. The van der Waals surface area contributed by atoms with E-state index in [1.165, 1.54) is 12.1 Å². The second kappa shape index (κ2) is 9.57. The first-order valence-corrected chi connectivity index (χ1v) is 13.4. The van der Waals surface area contributed by atoms with Crippen molar-refractivity contribution in [2.24, 2.45) is 0 Å². The van der Waals surface area contributed by atoms with E-state index >= 15 is 0 Å². The molecule has 0 amide bonds. The summed E-state index contributed by atoms with van der Waals surface area (Å²) < 4.78 is 30.3. The van der Waals surface area contributed by atoms with Crippen LogP contribution in [-0.4, -0.2) is 69.2 Å². The van der Waals surface area contributed by atoms with Crippen LogP contribution >= 0.6 is 0 Å². The van der Waals surface area contributed by atoms with Crippen molar-refractivity contribution in [1.82, 2.24) is 29.5 Å². The minimum absolute atomic E-state index is 0.305. The third kappa shape index (κ3) is 4.12. The molecule has 7 rings (SSSR count). The zero-order valence-electron chi connectivity index (χ0n) is 22.0. The highest BCUT2D eigenvalue weighted by atomic mass is 19.1. The third-order valence-corrected chi connectivity index (χ3v) is 8.04. The van der Waals surface area contributed by atoms with Crippen LogP contribution in [0, 0.1) is 23.0 Å². The van der Waals surface area contributed by atoms with Crippen LogP contribution in [0.4, 0.5) is 20.3 Å². The molecule has 0 radical (unpaired) electrons. The maximum Gasteiger partial charge on any atom is 0.168 e. The van der Waals surface area contributed by atoms with E-state index in [9.17, 15) is 14.0 Å². The van der Waals surface area contributed by atoms with Gasteiger partial charge in [0, 0.05) is 44.5 Å². The Balaban J connectivity index is 1.26. The van der Waals surface area contributed by atoms with Crippen molar-refractivity contribution < 1.29 is 8.78 Å². The zero-order chi connectivity index (χ0) is 27.4. The number of imidazole rings is 1. The highest BCUT2D eigenvalue weighted by Gasteiger charge is 2.30. The Labute approximate surface area is 229 Å². The molecule has 2 aromatic carbocycles. The van der Waals surface area contributed by atoms with E-state index < -0.39 is 11.6 Å². The molecular weight excluding hydrogens is 512 g/mol. The number of benzene rings is 2. The SMILES string of the molecule is CN1CCN(c2cc3nc(-c4cnn5ccc(N6CCC[C@@H]6c6cc(F)ccc6F)nc45)[nH]c3cc2C#N)CC1. The fraction of sp³-hybridized carbons (Fsp3) is 0.310. The summed E-state index contributed by atoms with van der Waals surface area (Å²) in [5.41, 5.74) is 4.69. The molecule has 5 heterocycles. The molecule has 1 atom stereocenters. The number of rotatable bonds is 4. The maximum atomic E-state index is 14.7. The molecule has 0 bridgehead atoms. The van der Waals surface area contributed by atoms with Gasteiger partial charge >= 0.3 is 0 Å². The Hall–Kier alpha value is -4.56. The van der Waals surface area contributed by atoms with Gasteiger partial charge in [0.15, 0.2) is 5.65 Å². The summed E-state index contributed by atoms with van der Waals surface area (Å²) >= 11 is 0. The number of hydrogen-bond acceptors (Lipinski definition) is 7. The van der Waals surface area contributed by atoms with Crippen LogP contribution in [0.25, 0.3) is 28.1 Å². The van der Waals surface area contributed by atoms with Crippen molar-refractivity contribution in [3.05, 3.63) is 71.6 Å². The van der Waals surface area contributed by atoms with Gasteiger partial charge in [0.1, 0.15) is 29.3 Å². The van der Waals surface area contributed by atoms with Crippen molar-refractivity contribution in [1.29, 1.82) is 5.26 Å². The first-order valence-electron chi connectivity index (χ1n) is 13.4. The summed E-state index contributed by atoms with van der Waals surface area (Å²) in [6.07, 6.45) is 5.09. The van der Waals surface area contributed by atoms with Crippen LogP contribution in [-0.2, 0) is 0 Å². The normalized spacial score (nSPS) is 18.2. The van der Waals surface area contributed by atoms with E-state index in [0.29, 0.717) is 46.9 Å². The molecule has 1 N–H and O–H groups in total. The van der Waals surface area contributed by atoms with Crippen LogP contribution in [0.3, 0.4) is 0 Å². The van der Waals surface area contributed by atoms with Crippen LogP contribution < -0.4 is 9.80 Å². The van der Waals surface area contributed by atoms with Crippen LogP contribution in [0.2, 0.25) is 0 Å². The molecule has 0 spiro atoms. The highest BCUT2D eigenvalue weighted by Crippen LogP contribution is 2.37. The standard InChI is InChI=1S/C29H27F2N9/c1-37-9-11-38(12-10-37)26-15-24-23(13-18(26)16-32)34-28(35-24)21-17-33-40-8-6-27(36-29(21)40)39-7-2-3-25(39)20-14-19(30)4-5-22(20)31/h4-6,8,13-15,17,25H,2-3,7,9-12H2,1H3,(H,34,35)/t25-/m1/s1. The predicted octanol–water partition coefficient (Wildman–Crippen LogP) is 4.52. The second-order valence-corrected chi connectivity index (χ2v) is 10.5. The van der Waals surface area contributed by atoms with Crippen molar-refractivity contribution in [2.75, 3.05) is 49.6 Å². The summed E-state index contributed by atoms with van der Waals surface area (Å²) in [5, 5.41) is 14.3. The summed E-state index contributed by atoms with van der Waals surface area (Å²) in [6.45, 7) is 4.27. The largest absolute Gasteiger partial charge is 0.368 e. The van der Waals surface area contributed by atoms with Gasteiger partial charge in [-0.05, 0) is 56.3 Å². The molecule has 0 saturated carbocycles. The number of aromatic amines is 1. The van der Waals surface area contributed by atoms with E-state index in [2.05, 4.69) is 33.0 Å². The van der Waals surface area contributed by atoms with E-state index in [1.54, 1.807) is 10.7 Å². The van der Waals surface area contributed by atoms with E-state index in [-0.39, 0.29) is 6.04 Å². The summed E-state index contributed by atoms with van der Waals surface area (Å²) in [5.74, 6) is 0.396. The number of likely N-dealkylation sites (N-methyl/N-ethyl adjacent to an activating group) is 1. The van der Waals surface area contributed by atoms with Crippen molar-refractivity contribution in [2.45, 2.75) is 18.9 Å². The summed E-state index contributed by atoms with van der Waals surface area (Å²) in [6, 6.07) is 11.3. The van der Waals surface area contributed by atoms with Gasteiger partial charge in [-0.2, -0.15) is 10.4 Å². The van der Waals surface area contributed by atoms with Gasteiger partial charge in [-0.1, -0.05) is 0 Å². The Morgan fingerprint density at radius 2 is 1.88 bits per heavy atom. The van der Waals surface area contributed by atoms with Gasteiger partial charge in [-0.3, -0.25) is 0 Å². The number of anilines is 2. The smallest absolute Gasteiger partial charge is 0.168 e. The number of H-pyrrole nitrogens is 1. The lowest BCUT2D eigenvalue weighted by Gasteiger charge is -2.34. The zero-order valence-corrected chi connectivity index (χ0v) is 22.0. The topological polar surface area (TPSA) is 92.4 Å². The molecule has 2 saturated heterocycles. The molecule has 9 nitrogen and oxygen atoms in total. The van der Waals surface area contributed by atoms with E-state index in [0.717, 1.165) is 55.4 Å². The van der Waals surface area contributed by atoms with Gasteiger partial charge in [0.2, 0.25) is 0 Å². The lowest BCUT2D eigenvalue weighted by molar-refractivity contribution is 0.313. The Morgan fingerprint density at radius 3 is 2.70 bits per heavy atom. The maximum absolute atomic E-state index is 14.7. The van der Waals surface area contributed by atoms with Crippen LogP contribution in [0.15, 0.2) is 48.8 Å². The highest BCUT2D eigenvalue weighted by molar-refractivity contribution is 5.87. The number of piperazine rings is 1. The first kappa shape index (κ1) is 24.5. The lowest BCUT2D eigenvalue weighted by Crippen LogP contribution is -2.44. The van der Waals surface area contributed by atoms with Gasteiger partial charge in [-0.15, -0.1) is 0 Å². The molecule has 3 aromatic heterocycles. The van der Waals surface area contributed by atoms with Crippen molar-refractivity contribution >= 4 is 28.2 Å². The number of nitrogens with one attached hydrogen (secondary N) is 1. The van der Waals surface area contributed by atoms with Crippen LogP contribution in [0.1, 0.15) is 30.0 Å². The lowest BCUT2D eigenvalue weighted by atomic mass is 10.0. The molecule has 11 heteroatoms. The summed E-state index contributed by atoms with van der Waals surface area (Å²) in [7, 11) is 2.10. The Morgan fingerprint density at radius 1 is 1.02 bits per heavy atom. The molecule has 2 fully saturated rings. The van der Waals surface area contributed by atoms with E-state index in [1.807, 2.05) is 29.3 Å². The summed E-state index contributed by atoms with van der Waals surface area (Å²) in [4.78, 5) is 19.7. The average molecular weight is 540 g/mol. The Kier molecular flexibility index (Phi) is 5.86. The molecule has 0 aliphatic carbocycles. The minimum Gasteiger partial charge on any atom is -0.368 e. The Bertz CT molecular complexity index is 1780. The molecule has 2 aliphatic rings. The molecule has 2 aliphatic heterocycles. The molecule has 0 unspecified atom stereocenters. The van der Waals surface area contributed by atoms with Crippen molar-refractivity contribution in [3.8, 4) is 17.5 Å². The first-order chi connectivity index (χ1) is 19.5. The van der Waals surface area contributed by atoms with Gasteiger partial charge in [0.05, 0.1) is 40.1 Å². The monoisotopic (exact) mass is 539 g/mol. The predicted molar refractivity (Wildman–Crippen MR) is 148 cm³/mol. The number of aromatic nitrogens is 5. The van der Waals surface area contributed by atoms with Crippen molar-refractivity contribution in [3.63, 3.8) is 0 Å². The number of nitriles is 1. The van der Waals surface area contributed by atoms with Gasteiger partial charge in [-0.25, -0.2) is 23.3 Å². The van der Waals surface area contributed by atoms with E-state index in [4.69, 9.17) is 9.97 Å². The fourth-order valence-electron chi connectivity index (χ4n) is 5.89. The minimum atomic E-state index is -0.454. The molecule has 5 aromatic rings. The number of fused-ring (bicyclic) bond motifs is 2. The number of halogens is 2. The molecule has 202 valence electrons. The molecular formula is C29H27F2N9. The van der Waals surface area contributed by atoms with Crippen LogP contribution in [0.5, 0.6) is 0 Å². The average Bonchev–Trinajstić information content (AvgIpc) is 3.71. The third-order valence-electron chi connectivity index (χ3n) is 8.04. The number of hydrogen-bond donors (Lipinski definition) is 1. The quantitative estimate of drug-likeness (QED) is 0.359. The number of nitrogens with zero attached hydrogens (tertiary/aromatic N) is 8.